The second kappa shape index (κ2) is 7.65. The number of rotatable bonds is 4. The van der Waals surface area contributed by atoms with Gasteiger partial charge in [-0.3, -0.25) is 14.2 Å². The second-order valence-corrected chi connectivity index (χ2v) is 9.33. The molecule has 0 saturated carbocycles. The van der Waals surface area contributed by atoms with Gasteiger partial charge in [0.15, 0.2) is 0 Å². The first kappa shape index (κ1) is 19.7. The van der Waals surface area contributed by atoms with Crippen LogP contribution in [0.4, 0.5) is 4.39 Å². The number of nitrogens with zero attached hydrogens (tertiary/aromatic N) is 4. The van der Waals surface area contributed by atoms with Crippen molar-refractivity contribution in [1.82, 2.24) is 18.8 Å². The van der Waals surface area contributed by atoms with Crippen molar-refractivity contribution in [3.63, 3.8) is 0 Å². The van der Waals surface area contributed by atoms with Crippen molar-refractivity contribution in [3.05, 3.63) is 58.2 Å². The summed E-state index contributed by atoms with van der Waals surface area (Å²) >= 11 is 1.35. The highest BCUT2D eigenvalue weighted by Crippen LogP contribution is 2.20. The summed E-state index contributed by atoms with van der Waals surface area (Å²) in [6, 6.07) is 6.88. The van der Waals surface area contributed by atoms with Crippen molar-refractivity contribution < 1.29 is 17.6 Å². The minimum absolute atomic E-state index is 0.0547. The number of hydrogen-bond donors (Lipinski definition) is 0. The molecular weight excluding hydrogens is 419 g/mol. The van der Waals surface area contributed by atoms with Gasteiger partial charge < -0.3 is 4.90 Å². The van der Waals surface area contributed by atoms with Crippen LogP contribution in [0.2, 0.25) is 0 Å². The Labute approximate surface area is 169 Å². The number of fused-ring (bicyclic) bond motifs is 1. The molecule has 29 heavy (non-hydrogen) atoms. The van der Waals surface area contributed by atoms with Gasteiger partial charge >= 0.3 is 0 Å². The molecule has 0 N–H and O–H groups in total. The maximum atomic E-state index is 13.9. The van der Waals surface area contributed by atoms with E-state index in [9.17, 15) is 22.4 Å². The summed E-state index contributed by atoms with van der Waals surface area (Å²) < 4.78 is 41.6. The van der Waals surface area contributed by atoms with Crippen LogP contribution in [0, 0.1) is 5.82 Å². The van der Waals surface area contributed by atoms with Crippen molar-refractivity contribution in [3.8, 4) is 0 Å². The number of sulfonamides is 1. The van der Waals surface area contributed by atoms with E-state index in [1.807, 2.05) is 0 Å². The molecular formula is C18H17FN4O4S2. The van der Waals surface area contributed by atoms with Crippen LogP contribution in [0.1, 0.15) is 0 Å². The van der Waals surface area contributed by atoms with Crippen molar-refractivity contribution in [2.75, 3.05) is 26.2 Å². The third kappa shape index (κ3) is 3.68. The minimum Gasteiger partial charge on any atom is -0.338 e. The lowest BCUT2D eigenvalue weighted by atomic mass is 10.3. The van der Waals surface area contributed by atoms with Gasteiger partial charge in [0.1, 0.15) is 22.1 Å². The Morgan fingerprint density at radius 1 is 1.14 bits per heavy atom. The molecule has 3 aromatic rings. The molecule has 0 unspecified atom stereocenters. The summed E-state index contributed by atoms with van der Waals surface area (Å²) in [4.78, 5) is 30.9. The first-order valence-electron chi connectivity index (χ1n) is 8.83. The summed E-state index contributed by atoms with van der Waals surface area (Å²) in [7, 11) is -3.97. The van der Waals surface area contributed by atoms with Crippen molar-refractivity contribution in [1.29, 1.82) is 0 Å². The van der Waals surface area contributed by atoms with Crippen LogP contribution in [-0.2, 0) is 21.4 Å². The lowest BCUT2D eigenvalue weighted by molar-refractivity contribution is -0.133. The van der Waals surface area contributed by atoms with E-state index in [4.69, 9.17) is 0 Å². The van der Waals surface area contributed by atoms with E-state index in [-0.39, 0.29) is 49.1 Å². The molecule has 4 rings (SSSR count). The van der Waals surface area contributed by atoms with Gasteiger partial charge in [-0.15, -0.1) is 11.3 Å². The van der Waals surface area contributed by atoms with Crippen LogP contribution in [0.15, 0.2) is 51.7 Å². The van der Waals surface area contributed by atoms with E-state index >= 15 is 0 Å². The van der Waals surface area contributed by atoms with Crippen molar-refractivity contribution in [2.45, 2.75) is 11.4 Å². The highest BCUT2D eigenvalue weighted by Gasteiger charge is 2.31. The number of aromatic nitrogens is 2. The van der Waals surface area contributed by atoms with Crippen molar-refractivity contribution >= 4 is 37.5 Å². The van der Waals surface area contributed by atoms with Crippen LogP contribution < -0.4 is 5.56 Å². The molecule has 8 nitrogen and oxygen atoms in total. The minimum atomic E-state index is -3.97. The number of benzene rings is 1. The summed E-state index contributed by atoms with van der Waals surface area (Å²) in [5.41, 5.74) is -0.287. The number of carbonyl (C=O) groups is 1. The van der Waals surface area contributed by atoms with Gasteiger partial charge in [-0.1, -0.05) is 12.1 Å². The fourth-order valence-corrected chi connectivity index (χ4v) is 5.43. The third-order valence-electron chi connectivity index (χ3n) is 4.80. The second-order valence-electron chi connectivity index (χ2n) is 6.53. The first-order chi connectivity index (χ1) is 13.9. The molecule has 1 fully saturated rings. The molecule has 1 amide bonds. The number of thiophene rings is 1. The van der Waals surface area contributed by atoms with E-state index in [1.54, 1.807) is 11.4 Å². The predicted molar refractivity (Wildman–Crippen MR) is 106 cm³/mol. The average Bonchev–Trinajstić information content (AvgIpc) is 3.20. The van der Waals surface area contributed by atoms with E-state index < -0.39 is 15.8 Å². The zero-order valence-corrected chi connectivity index (χ0v) is 16.8. The van der Waals surface area contributed by atoms with Gasteiger partial charge in [-0.2, -0.15) is 4.31 Å². The summed E-state index contributed by atoms with van der Waals surface area (Å²) in [6.07, 6.45) is 1.35. The van der Waals surface area contributed by atoms with Gasteiger partial charge in [0.2, 0.25) is 15.9 Å². The Balaban J connectivity index is 1.44. The molecule has 0 bridgehead atoms. The zero-order chi connectivity index (χ0) is 20.6. The Morgan fingerprint density at radius 3 is 2.59 bits per heavy atom. The molecule has 3 heterocycles. The zero-order valence-electron chi connectivity index (χ0n) is 15.2. The van der Waals surface area contributed by atoms with Gasteiger partial charge in [0, 0.05) is 26.2 Å². The van der Waals surface area contributed by atoms with E-state index in [0.29, 0.717) is 10.2 Å². The third-order valence-corrected chi connectivity index (χ3v) is 7.55. The van der Waals surface area contributed by atoms with Crippen LogP contribution in [0.25, 0.3) is 10.2 Å². The van der Waals surface area contributed by atoms with Crippen LogP contribution in [0.3, 0.4) is 0 Å². The molecule has 1 aliphatic rings. The quantitative estimate of drug-likeness (QED) is 0.611. The van der Waals surface area contributed by atoms with E-state index in [0.717, 1.165) is 6.07 Å². The monoisotopic (exact) mass is 436 g/mol. The average molecular weight is 436 g/mol. The Morgan fingerprint density at radius 2 is 1.86 bits per heavy atom. The Hall–Kier alpha value is -2.63. The fourth-order valence-electron chi connectivity index (χ4n) is 3.22. The molecule has 152 valence electrons. The van der Waals surface area contributed by atoms with Gasteiger partial charge in [0.25, 0.3) is 5.56 Å². The highest BCUT2D eigenvalue weighted by molar-refractivity contribution is 7.89. The molecule has 11 heteroatoms. The standard InChI is InChI=1S/C18H17FN4O4S2/c19-14-3-1-2-4-15(14)29(26,27)23-8-6-21(7-9-23)16(24)11-22-12-20-17-13(18(22)25)5-10-28-17/h1-5,10,12H,6-9,11H2. The maximum absolute atomic E-state index is 13.9. The summed E-state index contributed by atoms with van der Waals surface area (Å²) in [5.74, 6) is -1.10. The first-order valence-corrected chi connectivity index (χ1v) is 11.1. The van der Waals surface area contributed by atoms with Crippen LogP contribution >= 0.6 is 11.3 Å². The van der Waals surface area contributed by atoms with E-state index in [1.165, 1.54) is 49.6 Å². The Kier molecular flexibility index (Phi) is 5.19. The molecule has 1 aliphatic heterocycles. The molecule has 0 aliphatic carbocycles. The van der Waals surface area contributed by atoms with Crippen LogP contribution in [-0.4, -0.2) is 59.3 Å². The van der Waals surface area contributed by atoms with Gasteiger partial charge in [0.05, 0.1) is 11.7 Å². The molecule has 1 saturated heterocycles. The molecule has 1 aromatic carbocycles. The predicted octanol–water partition coefficient (Wildman–Crippen LogP) is 1.13. The van der Waals surface area contributed by atoms with Crippen molar-refractivity contribution in [2.24, 2.45) is 0 Å². The topological polar surface area (TPSA) is 92.6 Å². The largest absolute Gasteiger partial charge is 0.338 e. The number of hydrogen-bond acceptors (Lipinski definition) is 6. The molecule has 0 atom stereocenters. The number of halogens is 1. The summed E-state index contributed by atoms with van der Waals surface area (Å²) in [6.45, 7) is 0.265. The van der Waals surface area contributed by atoms with E-state index in [2.05, 4.69) is 4.98 Å². The normalized spacial score (nSPS) is 15.7. The van der Waals surface area contributed by atoms with Gasteiger partial charge in [-0.05, 0) is 23.6 Å². The molecule has 0 spiro atoms. The highest BCUT2D eigenvalue weighted by atomic mass is 32.2. The number of piperazine rings is 1. The van der Waals surface area contributed by atoms with Crippen LogP contribution in [0.5, 0.6) is 0 Å². The SMILES string of the molecule is O=C(Cn1cnc2sccc2c1=O)N1CCN(S(=O)(=O)c2ccccc2F)CC1. The number of amides is 1. The smallest absolute Gasteiger partial charge is 0.262 e. The molecule has 0 radical (unpaired) electrons. The van der Waals surface area contributed by atoms with Gasteiger partial charge in [-0.25, -0.2) is 17.8 Å². The molecule has 2 aromatic heterocycles. The Bertz CT molecular complexity index is 1230. The summed E-state index contributed by atoms with van der Waals surface area (Å²) in [5, 5.41) is 2.23. The lowest BCUT2D eigenvalue weighted by Crippen LogP contribution is -2.51. The fraction of sp³-hybridized carbons (Fsp3) is 0.278. The lowest BCUT2D eigenvalue weighted by Gasteiger charge is -2.34. The number of carbonyl (C=O) groups excluding carboxylic acids is 1. The maximum Gasteiger partial charge on any atom is 0.262 e.